The number of hydrogen-bond acceptors (Lipinski definition) is 4. The molecule has 2 N–H and O–H groups in total. The maximum absolute atomic E-state index is 12.5. The molecule has 136 valence electrons. The Balaban J connectivity index is 1.61. The van der Waals surface area contributed by atoms with Gasteiger partial charge in [0, 0.05) is 35.2 Å². The first-order valence-electron chi connectivity index (χ1n) is 7.88. The molecule has 1 saturated heterocycles. The molecule has 2 amide bonds. The lowest BCUT2D eigenvalue weighted by Crippen LogP contribution is -2.46. The minimum Gasteiger partial charge on any atom is -0.407 e. The molecule has 0 spiro atoms. The summed E-state index contributed by atoms with van der Waals surface area (Å²) < 4.78 is 4.99. The molecule has 0 aromatic heterocycles. The number of carbonyl (C=O) groups is 2. The summed E-state index contributed by atoms with van der Waals surface area (Å²) in [6, 6.07) is 13.7. The van der Waals surface area contributed by atoms with E-state index in [0.717, 1.165) is 0 Å². The largest absolute Gasteiger partial charge is 0.410 e. The second-order valence-electron chi connectivity index (χ2n) is 5.85. The van der Waals surface area contributed by atoms with Crippen LogP contribution in [0, 0.1) is 0 Å². The lowest BCUT2D eigenvalue weighted by molar-refractivity contribution is -0.175. The van der Waals surface area contributed by atoms with Crippen molar-refractivity contribution in [3.63, 3.8) is 0 Å². The molecule has 0 radical (unpaired) electrons. The van der Waals surface area contributed by atoms with E-state index in [2.05, 4.69) is 5.32 Å². The molecule has 1 atom stereocenters. The summed E-state index contributed by atoms with van der Waals surface area (Å²) in [5.74, 6) is -2.86. The van der Waals surface area contributed by atoms with Gasteiger partial charge in [-0.2, -0.15) is 0 Å². The summed E-state index contributed by atoms with van der Waals surface area (Å²) in [6.45, 7) is 0.336. The molecule has 0 saturated carbocycles. The normalized spacial score (nSPS) is 19.5. The zero-order chi connectivity index (χ0) is 18.7. The molecular formula is C18H16Cl2N2O4. The van der Waals surface area contributed by atoms with Crippen LogP contribution in [-0.2, 0) is 16.1 Å². The summed E-state index contributed by atoms with van der Waals surface area (Å²) in [6.07, 6.45) is -0.927. The predicted octanol–water partition coefficient (Wildman–Crippen LogP) is 3.35. The lowest BCUT2D eigenvalue weighted by atomic mass is 10.2. The SMILES string of the molecule is O=C(NCc1cc(Cl)cc(Cl)c1)O[C@@]1(O)CCN(c2ccccc2)C1=O. The fourth-order valence-electron chi connectivity index (χ4n) is 2.71. The Hall–Kier alpha value is -2.28. The molecule has 2 aromatic rings. The van der Waals surface area contributed by atoms with Gasteiger partial charge in [0.1, 0.15) is 0 Å². The highest BCUT2D eigenvalue weighted by Gasteiger charge is 2.49. The van der Waals surface area contributed by atoms with Gasteiger partial charge in [-0.05, 0) is 35.9 Å². The van der Waals surface area contributed by atoms with Crippen LogP contribution < -0.4 is 10.2 Å². The van der Waals surface area contributed by atoms with Crippen molar-refractivity contribution < 1.29 is 19.4 Å². The van der Waals surface area contributed by atoms with Crippen LogP contribution in [0.25, 0.3) is 0 Å². The number of halogens is 2. The zero-order valence-electron chi connectivity index (χ0n) is 13.6. The maximum atomic E-state index is 12.5. The van der Waals surface area contributed by atoms with Crippen molar-refractivity contribution in [2.24, 2.45) is 0 Å². The van der Waals surface area contributed by atoms with E-state index >= 15 is 0 Å². The Morgan fingerprint density at radius 3 is 2.50 bits per heavy atom. The minimum atomic E-state index is -2.19. The fraction of sp³-hybridized carbons (Fsp3) is 0.222. The standard InChI is InChI=1S/C18H16Cl2N2O4/c19-13-8-12(9-14(20)10-13)11-21-17(24)26-18(25)6-7-22(16(18)23)15-4-2-1-3-5-15/h1-5,8-10,25H,6-7,11H2,(H,21,24)/t18-/m0/s1. The van der Waals surface area contributed by atoms with Crippen LogP contribution in [0.15, 0.2) is 48.5 Å². The number of benzene rings is 2. The third kappa shape index (κ3) is 4.09. The van der Waals surface area contributed by atoms with Gasteiger partial charge in [0.15, 0.2) is 0 Å². The van der Waals surface area contributed by atoms with Crippen LogP contribution in [0.1, 0.15) is 12.0 Å². The summed E-state index contributed by atoms with van der Waals surface area (Å²) in [5.41, 5.74) is 1.29. The van der Waals surface area contributed by atoms with Crippen LogP contribution >= 0.6 is 23.2 Å². The third-order valence-electron chi connectivity index (χ3n) is 3.94. The van der Waals surface area contributed by atoms with Gasteiger partial charge in [-0.1, -0.05) is 41.4 Å². The average molecular weight is 395 g/mol. The van der Waals surface area contributed by atoms with Gasteiger partial charge in [0.25, 0.3) is 11.7 Å². The Morgan fingerprint density at radius 2 is 1.85 bits per heavy atom. The molecule has 1 aliphatic heterocycles. The smallest absolute Gasteiger partial charge is 0.407 e. The molecule has 6 nitrogen and oxygen atoms in total. The van der Waals surface area contributed by atoms with Crippen molar-refractivity contribution in [1.82, 2.24) is 5.32 Å². The van der Waals surface area contributed by atoms with Gasteiger partial charge in [-0.25, -0.2) is 4.79 Å². The highest BCUT2D eigenvalue weighted by Crippen LogP contribution is 2.29. The van der Waals surface area contributed by atoms with Crippen LogP contribution in [0.4, 0.5) is 10.5 Å². The summed E-state index contributed by atoms with van der Waals surface area (Å²) in [4.78, 5) is 25.8. The predicted molar refractivity (Wildman–Crippen MR) is 98.1 cm³/mol. The van der Waals surface area contributed by atoms with Gasteiger partial charge in [0.05, 0.1) is 0 Å². The van der Waals surface area contributed by atoms with Gasteiger partial charge < -0.3 is 20.1 Å². The number of nitrogens with one attached hydrogen (secondary N) is 1. The van der Waals surface area contributed by atoms with Gasteiger partial charge >= 0.3 is 6.09 Å². The Bertz CT molecular complexity index is 811. The summed E-state index contributed by atoms with van der Waals surface area (Å²) in [7, 11) is 0. The highest BCUT2D eigenvalue weighted by molar-refractivity contribution is 6.34. The molecular weight excluding hydrogens is 379 g/mol. The number of rotatable bonds is 4. The first kappa shape index (κ1) is 18.5. The van der Waals surface area contributed by atoms with Gasteiger partial charge in [-0.15, -0.1) is 0 Å². The minimum absolute atomic E-state index is 0.0167. The van der Waals surface area contributed by atoms with E-state index < -0.39 is 17.8 Å². The molecule has 0 bridgehead atoms. The Kier molecular flexibility index (Phi) is 5.36. The number of anilines is 1. The fourth-order valence-corrected chi connectivity index (χ4v) is 3.28. The van der Waals surface area contributed by atoms with Crippen molar-refractivity contribution in [2.45, 2.75) is 18.8 Å². The number of ether oxygens (including phenoxy) is 1. The van der Waals surface area contributed by atoms with Crippen molar-refractivity contribution in [2.75, 3.05) is 11.4 Å². The number of amides is 2. The van der Waals surface area contributed by atoms with E-state index in [-0.39, 0.29) is 19.5 Å². The topological polar surface area (TPSA) is 78.9 Å². The number of aliphatic hydroxyl groups is 1. The second kappa shape index (κ2) is 7.53. The summed E-state index contributed by atoms with van der Waals surface area (Å²) in [5, 5.41) is 13.8. The van der Waals surface area contributed by atoms with Crippen molar-refractivity contribution in [1.29, 1.82) is 0 Å². The highest BCUT2D eigenvalue weighted by atomic mass is 35.5. The van der Waals surface area contributed by atoms with Crippen LogP contribution in [0.2, 0.25) is 10.0 Å². The van der Waals surface area contributed by atoms with Crippen molar-refractivity contribution in [3.05, 3.63) is 64.1 Å². The molecule has 1 heterocycles. The molecule has 1 fully saturated rings. The third-order valence-corrected chi connectivity index (χ3v) is 4.38. The van der Waals surface area contributed by atoms with Crippen molar-refractivity contribution >= 4 is 40.9 Å². The number of para-hydroxylation sites is 1. The lowest BCUT2D eigenvalue weighted by Gasteiger charge is -2.22. The van der Waals surface area contributed by atoms with E-state index in [1.807, 2.05) is 6.07 Å². The van der Waals surface area contributed by atoms with Crippen LogP contribution in [-0.4, -0.2) is 29.4 Å². The van der Waals surface area contributed by atoms with E-state index in [4.69, 9.17) is 27.9 Å². The zero-order valence-corrected chi connectivity index (χ0v) is 15.1. The van der Waals surface area contributed by atoms with Crippen molar-refractivity contribution in [3.8, 4) is 0 Å². The van der Waals surface area contributed by atoms with Crippen LogP contribution in [0.3, 0.4) is 0 Å². The summed E-state index contributed by atoms with van der Waals surface area (Å²) >= 11 is 11.8. The Labute approximate surface area is 160 Å². The second-order valence-corrected chi connectivity index (χ2v) is 6.72. The molecule has 0 aliphatic carbocycles. The quantitative estimate of drug-likeness (QED) is 0.779. The number of alkyl carbamates (subject to hydrolysis) is 1. The first-order chi connectivity index (χ1) is 12.4. The van der Waals surface area contributed by atoms with E-state index in [9.17, 15) is 14.7 Å². The molecule has 26 heavy (non-hydrogen) atoms. The van der Waals surface area contributed by atoms with E-state index in [1.165, 1.54) is 4.90 Å². The van der Waals surface area contributed by atoms with E-state index in [1.54, 1.807) is 42.5 Å². The van der Waals surface area contributed by atoms with Gasteiger partial charge in [-0.3, -0.25) is 4.79 Å². The molecule has 1 aliphatic rings. The number of hydrogen-bond donors (Lipinski definition) is 2. The van der Waals surface area contributed by atoms with E-state index in [0.29, 0.717) is 21.3 Å². The Morgan fingerprint density at radius 1 is 1.19 bits per heavy atom. The number of nitrogens with zero attached hydrogens (tertiary/aromatic N) is 1. The molecule has 0 unspecified atom stereocenters. The maximum Gasteiger partial charge on any atom is 0.410 e. The molecule has 3 rings (SSSR count). The van der Waals surface area contributed by atoms with Gasteiger partial charge in [0.2, 0.25) is 0 Å². The number of carbonyl (C=O) groups excluding carboxylic acids is 2. The average Bonchev–Trinajstić information content (AvgIpc) is 2.88. The molecule has 2 aromatic carbocycles. The first-order valence-corrected chi connectivity index (χ1v) is 8.64. The monoisotopic (exact) mass is 394 g/mol. The van der Waals surface area contributed by atoms with Crippen LogP contribution in [0.5, 0.6) is 0 Å². The molecule has 8 heteroatoms.